The van der Waals surface area contributed by atoms with Gasteiger partial charge in [0.1, 0.15) is 6.04 Å². The van der Waals surface area contributed by atoms with Crippen LogP contribution >= 0.6 is 22.6 Å². The zero-order valence-electron chi connectivity index (χ0n) is 17.6. The molecule has 2 N–H and O–H groups in total. The lowest BCUT2D eigenvalue weighted by Gasteiger charge is -2.20. The lowest BCUT2D eigenvalue weighted by Crippen LogP contribution is -2.45. The van der Waals surface area contributed by atoms with E-state index in [0.717, 1.165) is 25.8 Å². The first-order valence-corrected chi connectivity index (χ1v) is 12.4. The predicted octanol–water partition coefficient (Wildman–Crippen LogP) is 4.74. The maximum Gasteiger partial charge on any atom is 0.242 e. The summed E-state index contributed by atoms with van der Waals surface area (Å²) in [4.78, 5) is 13.4. The molecule has 0 fully saturated rings. The summed E-state index contributed by atoms with van der Waals surface area (Å²) in [5.41, 5.74) is 4.39. The molecule has 3 aromatic rings. The summed E-state index contributed by atoms with van der Waals surface area (Å²) in [6.07, 6.45) is 0.236. The smallest absolute Gasteiger partial charge is 0.242 e. The number of rotatable bonds is 7. The van der Waals surface area contributed by atoms with Crippen LogP contribution in [0.4, 0.5) is 5.69 Å². The van der Waals surface area contributed by atoms with E-state index in [1.54, 1.807) is 24.3 Å². The van der Waals surface area contributed by atoms with Gasteiger partial charge in [-0.3, -0.25) is 4.79 Å². The molecule has 0 aliphatic rings. The molecule has 5 nitrogen and oxygen atoms in total. The number of amides is 1. The van der Waals surface area contributed by atoms with Crippen LogP contribution in [0.25, 0.3) is 0 Å². The Morgan fingerprint density at radius 3 is 2.10 bits per heavy atom. The predicted molar refractivity (Wildman–Crippen MR) is 133 cm³/mol. The van der Waals surface area contributed by atoms with Crippen LogP contribution in [-0.2, 0) is 21.2 Å². The Morgan fingerprint density at radius 2 is 1.52 bits per heavy atom. The third-order valence-electron chi connectivity index (χ3n) is 4.97. The number of carbonyl (C=O) groups is 1. The summed E-state index contributed by atoms with van der Waals surface area (Å²) in [5.74, 6) is -0.396. The van der Waals surface area contributed by atoms with Crippen LogP contribution in [0.3, 0.4) is 0 Å². The van der Waals surface area contributed by atoms with E-state index < -0.39 is 22.0 Å². The highest BCUT2D eigenvalue weighted by atomic mass is 127. The van der Waals surface area contributed by atoms with Gasteiger partial charge in [-0.15, -0.1) is 0 Å². The zero-order valence-corrected chi connectivity index (χ0v) is 20.6. The second kappa shape index (κ2) is 9.93. The van der Waals surface area contributed by atoms with Crippen LogP contribution < -0.4 is 10.0 Å². The van der Waals surface area contributed by atoms with Gasteiger partial charge in [0, 0.05) is 9.26 Å². The largest absolute Gasteiger partial charge is 0.324 e. The highest BCUT2D eigenvalue weighted by Crippen LogP contribution is 2.24. The highest BCUT2D eigenvalue weighted by Gasteiger charge is 2.27. The molecule has 7 heteroatoms. The molecule has 0 aromatic heterocycles. The maximum atomic E-state index is 13.2. The molecule has 31 heavy (non-hydrogen) atoms. The van der Waals surface area contributed by atoms with Crippen molar-refractivity contribution in [1.82, 2.24) is 4.72 Å². The topological polar surface area (TPSA) is 75.3 Å². The van der Waals surface area contributed by atoms with Gasteiger partial charge in [-0.2, -0.15) is 4.72 Å². The van der Waals surface area contributed by atoms with Gasteiger partial charge >= 0.3 is 0 Å². The Kier molecular flexibility index (Phi) is 7.51. The summed E-state index contributed by atoms with van der Waals surface area (Å²) in [6, 6.07) is 18.9. The van der Waals surface area contributed by atoms with Crippen molar-refractivity contribution in [1.29, 1.82) is 0 Å². The van der Waals surface area contributed by atoms with E-state index in [1.807, 2.05) is 63.2 Å². The van der Waals surface area contributed by atoms with Gasteiger partial charge in [0.15, 0.2) is 0 Å². The minimum atomic E-state index is -3.87. The molecule has 0 saturated heterocycles. The van der Waals surface area contributed by atoms with Crippen molar-refractivity contribution in [2.24, 2.45) is 0 Å². The van der Waals surface area contributed by atoms with Gasteiger partial charge in [0.2, 0.25) is 15.9 Å². The van der Waals surface area contributed by atoms with E-state index in [-0.39, 0.29) is 11.3 Å². The Labute approximate surface area is 197 Å². The molecular formula is C24H25IN2O3S. The third-order valence-corrected chi connectivity index (χ3v) is 7.08. The molecular weight excluding hydrogens is 523 g/mol. The van der Waals surface area contributed by atoms with E-state index in [9.17, 15) is 13.2 Å². The number of carbonyl (C=O) groups excluding carboxylic acids is 1. The number of nitrogens with one attached hydrogen (secondary N) is 2. The fraction of sp³-hybridized carbons (Fsp3) is 0.208. The number of anilines is 1. The first-order chi connectivity index (χ1) is 14.7. The lowest BCUT2D eigenvalue weighted by molar-refractivity contribution is -0.117. The van der Waals surface area contributed by atoms with E-state index >= 15 is 0 Å². The first kappa shape index (κ1) is 23.4. The molecule has 0 saturated carbocycles. The molecule has 162 valence electrons. The summed E-state index contributed by atoms with van der Waals surface area (Å²) in [6.45, 7) is 5.74. The Morgan fingerprint density at radius 1 is 0.935 bits per heavy atom. The van der Waals surface area contributed by atoms with E-state index in [4.69, 9.17) is 0 Å². The summed E-state index contributed by atoms with van der Waals surface area (Å²) in [5, 5.41) is 2.94. The average Bonchev–Trinajstić information content (AvgIpc) is 2.71. The number of hydrogen-bond donors (Lipinski definition) is 2. The fourth-order valence-electron chi connectivity index (χ4n) is 3.33. The second-order valence-electron chi connectivity index (χ2n) is 7.58. The standard InChI is InChI=1S/C24H25IN2O3S/c1-16-9-11-21(12-10-16)31(29,30)27-22(15-19-7-5-4-6-8-19)24(28)26-23-17(2)13-20(25)14-18(23)3/h4-14,22,27H,15H2,1-3H3,(H,26,28)/t22-/m1/s1. The van der Waals surface area contributed by atoms with Crippen LogP contribution in [0, 0.1) is 24.3 Å². The third kappa shape index (κ3) is 6.15. The first-order valence-electron chi connectivity index (χ1n) is 9.86. The Bertz CT molecular complexity index is 1150. The molecule has 0 unspecified atom stereocenters. The minimum absolute atomic E-state index is 0.130. The Balaban J connectivity index is 1.91. The van der Waals surface area contributed by atoms with Gasteiger partial charge < -0.3 is 5.32 Å². The van der Waals surface area contributed by atoms with Crippen molar-refractivity contribution in [3.05, 3.63) is 92.6 Å². The lowest BCUT2D eigenvalue weighted by atomic mass is 10.0. The van der Waals surface area contributed by atoms with Gasteiger partial charge in [0.25, 0.3) is 0 Å². The summed E-state index contributed by atoms with van der Waals surface area (Å²) < 4.78 is 29.7. The van der Waals surface area contributed by atoms with E-state index in [1.165, 1.54) is 0 Å². The van der Waals surface area contributed by atoms with Gasteiger partial charge in [0.05, 0.1) is 4.90 Å². The van der Waals surface area contributed by atoms with Crippen LogP contribution in [0.1, 0.15) is 22.3 Å². The second-order valence-corrected chi connectivity index (χ2v) is 10.5. The number of sulfonamides is 1. The van der Waals surface area contributed by atoms with Crippen molar-refractivity contribution < 1.29 is 13.2 Å². The van der Waals surface area contributed by atoms with Crippen molar-refractivity contribution in [2.45, 2.75) is 38.1 Å². The number of benzene rings is 3. The molecule has 0 bridgehead atoms. The molecule has 3 rings (SSSR count). The van der Waals surface area contributed by atoms with Gasteiger partial charge in [-0.25, -0.2) is 8.42 Å². The minimum Gasteiger partial charge on any atom is -0.324 e. The highest BCUT2D eigenvalue weighted by molar-refractivity contribution is 14.1. The maximum absolute atomic E-state index is 13.2. The molecule has 0 radical (unpaired) electrons. The number of halogens is 1. The molecule has 0 spiro atoms. The Hall–Kier alpha value is -2.23. The zero-order chi connectivity index (χ0) is 22.6. The van der Waals surface area contributed by atoms with Crippen molar-refractivity contribution in [2.75, 3.05) is 5.32 Å². The van der Waals surface area contributed by atoms with Gasteiger partial charge in [-0.05, 0) is 90.7 Å². The monoisotopic (exact) mass is 548 g/mol. The molecule has 1 amide bonds. The molecule has 0 aliphatic carbocycles. The van der Waals surface area contributed by atoms with Gasteiger partial charge in [-0.1, -0.05) is 48.0 Å². The average molecular weight is 548 g/mol. The van der Waals surface area contributed by atoms with Crippen LogP contribution in [0.5, 0.6) is 0 Å². The van der Waals surface area contributed by atoms with Crippen molar-refractivity contribution >= 4 is 44.2 Å². The molecule has 1 atom stereocenters. The van der Waals surface area contributed by atoms with Crippen molar-refractivity contribution in [3.63, 3.8) is 0 Å². The number of aryl methyl sites for hydroxylation is 3. The summed E-state index contributed by atoms with van der Waals surface area (Å²) >= 11 is 2.23. The fourth-order valence-corrected chi connectivity index (χ4v) is 5.46. The van der Waals surface area contributed by atoms with Crippen molar-refractivity contribution in [3.8, 4) is 0 Å². The van der Waals surface area contributed by atoms with Crippen LogP contribution in [0.2, 0.25) is 0 Å². The van der Waals surface area contributed by atoms with E-state index in [2.05, 4.69) is 32.6 Å². The normalized spacial score (nSPS) is 12.4. The van der Waals surface area contributed by atoms with Crippen LogP contribution in [0.15, 0.2) is 71.6 Å². The molecule has 0 heterocycles. The molecule has 0 aliphatic heterocycles. The number of hydrogen-bond acceptors (Lipinski definition) is 3. The van der Waals surface area contributed by atoms with E-state index in [0.29, 0.717) is 5.69 Å². The SMILES string of the molecule is Cc1ccc(S(=O)(=O)N[C@H](Cc2ccccc2)C(=O)Nc2c(C)cc(I)cc2C)cc1. The van der Waals surface area contributed by atoms with Crippen LogP contribution in [-0.4, -0.2) is 20.4 Å². The summed E-state index contributed by atoms with van der Waals surface area (Å²) in [7, 11) is -3.87. The molecule has 3 aromatic carbocycles. The quantitative estimate of drug-likeness (QED) is 0.419.